The molecule has 6 nitrogen and oxygen atoms in total. The molecule has 6 heteroatoms. The Morgan fingerprint density at radius 3 is 3.04 bits per heavy atom. The first kappa shape index (κ1) is 15.4. The highest BCUT2D eigenvalue weighted by Crippen LogP contribution is 2.16. The number of rotatable bonds is 4. The molecular formula is C17H23N5O. The van der Waals surface area contributed by atoms with E-state index in [9.17, 15) is 0 Å². The topological polar surface area (TPSA) is 54.7 Å². The van der Waals surface area contributed by atoms with Gasteiger partial charge in [-0.25, -0.2) is 4.98 Å². The molecule has 0 saturated carbocycles. The number of aliphatic imine (C=N–C) groups is 1. The molecule has 122 valence electrons. The van der Waals surface area contributed by atoms with Crippen molar-refractivity contribution in [3.05, 3.63) is 48.4 Å². The molecule has 1 atom stereocenters. The van der Waals surface area contributed by atoms with Gasteiger partial charge in [0.2, 0.25) is 5.88 Å². The number of aromatic nitrogens is 2. The second-order valence-corrected chi connectivity index (χ2v) is 5.73. The van der Waals surface area contributed by atoms with Crippen molar-refractivity contribution in [3.63, 3.8) is 0 Å². The number of aryl methyl sites for hydroxylation is 1. The highest BCUT2D eigenvalue weighted by atomic mass is 16.5. The zero-order valence-corrected chi connectivity index (χ0v) is 13.6. The number of likely N-dealkylation sites (tertiary alicyclic amines) is 1. The predicted octanol–water partition coefficient (Wildman–Crippen LogP) is 1.65. The molecule has 23 heavy (non-hydrogen) atoms. The average Bonchev–Trinajstić information content (AvgIpc) is 3.19. The molecule has 1 aliphatic heterocycles. The molecule has 2 aromatic rings. The van der Waals surface area contributed by atoms with Crippen LogP contribution in [0.5, 0.6) is 5.88 Å². The summed E-state index contributed by atoms with van der Waals surface area (Å²) in [7, 11) is 3.85. The van der Waals surface area contributed by atoms with Crippen LogP contribution in [0.2, 0.25) is 0 Å². The third-order valence-electron chi connectivity index (χ3n) is 3.93. The Labute approximate surface area is 136 Å². The molecule has 1 aliphatic rings. The van der Waals surface area contributed by atoms with Gasteiger partial charge in [0.15, 0.2) is 5.96 Å². The number of pyridine rings is 1. The van der Waals surface area contributed by atoms with Gasteiger partial charge < -0.3 is 19.5 Å². The molecule has 1 unspecified atom stereocenters. The zero-order valence-electron chi connectivity index (χ0n) is 13.6. The first-order valence-electron chi connectivity index (χ1n) is 7.89. The highest BCUT2D eigenvalue weighted by molar-refractivity contribution is 5.80. The Balaban J connectivity index is 1.52. The van der Waals surface area contributed by atoms with Crippen molar-refractivity contribution >= 4 is 5.96 Å². The highest BCUT2D eigenvalue weighted by Gasteiger charge is 2.26. The van der Waals surface area contributed by atoms with Crippen molar-refractivity contribution in [2.45, 2.75) is 19.1 Å². The van der Waals surface area contributed by atoms with Gasteiger partial charge in [-0.05, 0) is 17.7 Å². The Kier molecular flexibility index (Phi) is 4.80. The van der Waals surface area contributed by atoms with E-state index in [4.69, 9.17) is 4.74 Å². The average molecular weight is 313 g/mol. The Morgan fingerprint density at radius 1 is 1.43 bits per heavy atom. The van der Waals surface area contributed by atoms with Crippen LogP contribution in [0.15, 0.2) is 47.8 Å². The van der Waals surface area contributed by atoms with E-state index in [1.165, 1.54) is 5.56 Å². The lowest BCUT2D eigenvalue weighted by Gasteiger charge is -2.21. The Hall–Kier alpha value is -2.50. The van der Waals surface area contributed by atoms with E-state index in [2.05, 4.69) is 32.5 Å². The molecular weight excluding hydrogens is 290 g/mol. The van der Waals surface area contributed by atoms with Crippen molar-refractivity contribution in [3.8, 4) is 5.88 Å². The molecule has 0 aliphatic carbocycles. The second-order valence-electron chi connectivity index (χ2n) is 5.73. The third-order valence-corrected chi connectivity index (χ3v) is 3.93. The summed E-state index contributed by atoms with van der Waals surface area (Å²) in [6.45, 7) is 2.53. The maximum atomic E-state index is 5.93. The van der Waals surface area contributed by atoms with Crippen LogP contribution in [0.3, 0.4) is 0 Å². The molecule has 0 spiro atoms. The van der Waals surface area contributed by atoms with Crippen molar-refractivity contribution in [1.82, 2.24) is 19.8 Å². The SMILES string of the molecule is CN=C(NCc1ccn(C)c1)N1CCC(Oc2ccccn2)C1. The van der Waals surface area contributed by atoms with Gasteiger partial charge in [-0.1, -0.05) is 6.07 Å². The molecule has 3 rings (SSSR count). The zero-order chi connectivity index (χ0) is 16.1. The van der Waals surface area contributed by atoms with Gasteiger partial charge >= 0.3 is 0 Å². The van der Waals surface area contributed by atoms with Crippen LogP contribution < -0.4 is 10.1 Å². The maximum absolute atomic E-state index is 5.93. The van der Waals surface area contributed by atoms with Crippen LogP contribution in [0.4, 0.5) is 0 Å². The minimum absolute atomic E-state index is 0.153. The Bertz CT molecular complexity index is 652. The lowest BCUT2D eigenvalue weighted by atomic mass is 10.3. The van der Waals surface area contributed by atoms with Crippen LogP contribution in [0.25, 0.3) is 0 Å². The van der Waals surface area contributed by atoms with E-state index in [0.717, 1.165) is 32.0 Å². The van der Waals surface area contributed by atoms with Gasteiger partial charge in [0.25, 0.3) is 0 Å². The van der Waals surface area contributed by atoms with Gasteiger partial charge in [-0.2, -0.15) is 0 Å². The van der Waals surface area contributed by atoms with E-state index in [1.54, 1.807) is 6.20 Å². The molecule has 0 amide bonds. The minimum Gasteiger partial charge on any atom is -0.472 e. The summed E-state index contributed by atoms with van der Waals surface area (Å²) in [5.41, 5.74) is 1.24. The van der Waals surface area contributed by atoms with Gasteiger partial charge in [0, 0.05) is 58.3 Å². The summed E-state index contributed by atoms with van der Waals surface area (Å²) in [6.07, 6.45) is 7.04. The summed E-state index contributed by atoms with van der Waals surface area (Å²) in [4.78, 5) is 10.8. The standard InChI is InChI=1S/C17H23N5O/c1-18-17(20-11-14-6-9-21(2)12-14)22-10-7-15(13-22)23-16-5-3-4-8-19-16/h3-6,8-9,12,15H,7,10-11,13H2,1-2H3,(H,18,20). The van der Waals surface area contributed by atoms with E-state index >= 15 is 0 Å². The molecule has 1 fully saturated rings. The predicted molar refractivity (Wildman–Crippen MR) is 90.5 cm³/mol. The number of hydrogen-bond donors (Lipinski definition) is 1. The molecule has 1 N–H and O–H groups in total. The second kappa shape index (κ2) is 7.17. The normalized spacial score (nSPS) is 18.3. The first-order valence-corrected chi connectivity index (χ1v) is 7.89. The van der Waals surface area contributed by atoms with E-state index in [-0.39, 0.29) is 6.10 Å². The van der Waals surface area contributed by atoms with Crippen molar-refractivity contribution in [2.75, 3.05) is 20.1 Å². The molecule has 0 radical (unpaired) electrons. The summed E-state index contributed by atoms with van der Waals surface area (Å²) in [5, 5.41) is 3.42. The molecule has 2 aromatic heterocycles. The molecule has 3 heterocycles. The van der Waals surface area contributed by atoms with Gasteiger partial charge in [0.1, 0.15) is 6.10 Å². The van der Waals surface area contributed by atoms with Gasteiger partial charge in [0.05, 0.1) is 6.54 Å². The fourth-order valence-corrected chi connectivity index (χ4v) is 2.78. The fraction of sp³-hybridized carbons (Fsp3) is 0.412. The largest absolute Gasteiger partial charge is 0.472 e. The van der Waals surface area contributed by atoms with Crippen LogP contribution in [-0.2, 0) is 13.6 Å². The van der Waals surface area contributed by atoms with E-state index in [0.29, 0.717) is 5.88 Å². The lowest BCUT2D eigenvalue weighted by molar-refractivity contribution is 0.205. The summed E-state index contributed by atoms with van der Waals surface area (Å²) in [6, 6.07) is 7.83. The van der Waals surface area contributed by atoms with Gasteiger partial charge in [-0.15, -0.1) is 0 Å². The van der Waals surface area contributed by atoms with Crippen molar-refractivity contribution in [2.24, 2.45) is 12.0 Å². The fourth-order valence-electron chi connectivity index (χ4n) is 2.78. The van der Waals surface area contributed by atoms with Crippen LogP contribution in [0.1, 0.15) is 12.0 Å². The van der Waals surface area contributed by atoms with Gasteiger partial charge in [-0.3, -0.25) is 4.99 Å². The van der Waals surface area contributed by atoms with Crippen molar-refractivity contribution < 1.29 is 4.74 Å². The summed E-state index contributed by atoms with van der Waals surface area (Å²) >= 11 is 0. The van der Waals surface area contributed by atoms with Crippen LogP contribution >= 0.6 is 0 Å². The maximum Gasteiger partial charge on any atom is 0.213 e. The summed E-state index contributed by atoms with van der Waals surface area (Å²) in [5.74, 6) is 1.60. The molecule has 0 bridgehead atoms. The van der Waals surface area contributed by atoms with Crippen LogP contribution in [0, 0.1) is 0 Å². The lowest BCUT2D eigenvalue weighted by Crippen LogP contribution is -2.40. The number of hydrogen-bond acceptors (Lipinski definition) is 3. The van der Waals surface area contributed by atoms with Crippen LogP contribution in [-0.4, -0.2) is 46.7 Å². The smallest absolute Gasteiger partial charge is 0.213 e. The number of nitrogens with one attached hydrogen (secondary N) is 1. The number of nitrogens with zero attached hydrogens (tertiary/aromatic N) is 4. The molecule has 0 aromatic carbocycles. The monoisotopic (exact) mass is 313 g/mol. The first-order chi connectivity index (χ1) is 11.2. The number of guanidine groups is 1. The Morgan fingerprint density at radius 2 is 2.35 bits per heavy atom. The third kappa shape index (κ3) is 4.03. The summed E-state index contributed by atoms with van der Waals surface area (Å²) < 4.78 is 7.98. The quantitative estimate of drug-likeness (QED) is 0.689. The molecule has 1 saturated heterocycles. The minimum atomic E-state index is 0.153. The van der Waals surface area contributed by atoms with E-state index < -0.39 is 0 Å². The van der Waals surface area contributed by atoms with Crippen molar-refractivity contribution in [1.29, 1.82) is 0 Å². The number of ether oxygens (including phenoxy) is 1. The van der Waals surface area contributed by atoms with E-state index in [1.807, 2.05) is 43.1 Å².